The van der Waals surface area contributed by atoms with E-state index in [1.165, 1.54) is 11.8 Å². The van der Waals surface area contributed by atoms with Crippen LogP contribution in [0.4, 0.5) is 5.69 Å². The topological polar surface area (TPSA) is 91.4 Å². The number of benzene rings is 1. The molecule has 0 radical (unpaired) electrons. The van der Waals surface area contributed by atoms with Crippen LogP contribution in [0.15, 0.2) is 46.0 Å². The Hall–Kier alpha value is -2.39. The van der Waals surface area contributed by atoms with Gasteiger partial charge in [0.1, 0.15) is 11.1 Å². The number of hydrogen-bond acceptors (Lipinski definition) is 5. The molecular formula is C20H19BrN4O3S. The van der Waals surface area contributed by atoms with E-state index in [0.29, 0.717) is 41.2 Å². The number of rotatable bonds is 3. The fraction of sp³-hybridized carbons (Fsp3) is 0.300. The molecule has 29 heavy (non-hydrogen) atoms. The smallest absolute Gasteiger partial charge is 0.256 e. The van der Waals surface area contributed by atoms with Crippen LogP contribution < -0.4 is 10.6 Å². The highest BCUT2D eigenvalue weighted by Crippen LogP contribution is 2.30. The van der Waals surface area contributed by atoms with Crippen LogP contribution >= 0.6 is 27.7 Å². The Morgan fingerprint density at radius 1 is 1.34 bits per heavy atom. The zero-order chi connectivity index (χ0) is 20.5. The van der Waals surface area contributed by atoms with Crippen LogP contribution in [0, 0.1) is 0 Å². The molecule has 1 fully saturated rings. The molecule has 3 heterocycles. The molecule has 1 aromatic heterocycles. The van der Waals surface area contributed by atoms with Gasteiger partial charge in [-0.25, -0.2) is 4.98 Å². The second kappa shape index (κ2) is 8.16. The number of piperidine rings is 1. The van der Waals surface area contributed by atoms with Crippen molar-refractivity contribution in [2.24, 2.45) is 0 Å². The fourth-order valence-electron chi connectivity index (χ4n) is 3.75. The van der Waals surface area contributed by atoms with E-state index in [1.807, 2.05) is 6.26 Å². The van der Waals surface area contributed by atoms with E-state index in [4.69, 9.17) is 0 Å². The first-order valence-electron chi connectivity index (χ1n) is 9.19. The lowest BCUT2D eigenvalue weighted by Gasteiger charge is -2.37. The summed E-state index contributed by atoms with van der Waals surface area (Å²) in [6, 6.07) is 7.87. The minimum atomic E-state index is -0.623. The summed E-state index contributed by atoms with van der Waals surface area (Å²) >= 11 is 4.79. The molecule has 4 rings (SSSR count). The molecule has 0 aliphatic carbocycles. The molecular weight excluding hydrogens is 456 g/mol. The molecule has 2 aliphatic rings. The largest absolute Gasteiger partial charge is 0.349 e. The SMILES string of the molecule is CSc1ncccc1C(=O)N[C@H]1CCN2C(=O)c3cc(Br)ccc3NC(=O)[C@@H]2C1. The first-order valence-corrected chi connectivity index (χ1v) is 11.2. The van der Waals surface area contributed by atoms with Gasteiger partial charge < -0.3 is 15.5 Å². The molecule has 2 aliphatic heterocycles. The van der Waals surface area contributed by atoms with Gasteiger partial charge in [-0.3, -0.25) is 14.4 Å². The number of fused-ring (bicyclic) bond motifs is 2. The molecule has 3 amide bonds. The summed E-state index contributed by atoms with van der Waals surface area (Å²) in [5.74, 6) is -0.621. The van der Waals surface area contributed by atoms with Gasteiger partial charge in [0.15, 0.2) is 0 Å². The van der Waals surface area contributed by atoms with Gasteiger partial charge in [0.25, 0.3) is 11.8 Å². The molecule has 150 valence electrons. The average Bonchev–Trinajstić information content (AvgIpc) is 2.83. The summed E-state index contributed by atoms with van der Waals surface area (Å²) in [6.07, 6.45) is 4.47. The second-order valence-electron chi connectivity index (χ2n) is 6.95. The molecule has 0 unspecified atom stereocenters. The number of nitrogens with one attached hydrogen (secondary N) is 2. The molecule has 0 bridgehead atoms. The van der Waals surface area contributed by atoms with Crippen LogP contribution in [0.3, 0.4) is 0 Å². The molecule has 0 saturated carbocycles. The summed E-state index contributed by atoms with van der Waals surface area (Å²) in [5.41, 5.74) is 1.50. The molecule has 7 nitrogen and oxygen atoms in total. The predicted molar refractivity (Wildman–Crippen MR) is 114 cm³/mol. The van der Waals surface area contributed by atoms with Crippen LogP contribution in [-0.2, 0) is 4.79 Å². The third-order valence-electron chi connectivity index (χ3n) is 5.18. The third-order valence-corrected chi connectivity index (χ3v) is 6.39. The predicted octanol–water partition coefficient (Wildman–Crippen LogP) is 2.92. The van der Waals surface area contributed by atoms with Crippen molar-refractivity contribution in [2.75, 3.05) is 18.1 Å². The highest BCUT2D eigenvalue weighted by atomic mass is 79.9. The number of anilines is 1. The Labute approximate surface area is 180 Å². The van der Waals surface area contributed by atoms with E-state index in [9.17, 15) is 14.4 Å². The van der Waals surface area contributed by atoms with Crippen LogP contribution in [0.2, 0.25) is 0 Å². The lowest BCUT2D eigenvalue weighted by Crippen LogP contribution is -2.55. The second-order valence-corrected chi connectivity index (χ2v) is 8.66. The summed E-state index contributed by atoms with van der Waals surface area (Å²) in [6.45, 7) is 0.399. The van der Waals surface area contributed by atoms with Gasteiger partial charge in [-0.1, -0.05) is 15.9 Å². The van der Waals surface area contributed by atoms with Crippen molar-refractivity contribution >= 4 is 51.1 Å². The van der Waals surface area contributed by atoms with Gasteiger partial charge in [0.2, 0.25) is 5.91 Å². The highest BCUT2D eigenvalue weighted by molar-refractivity contribution is 9.10. The van der Waals surface area contributed by atoms with Crippen LogP contribution in [0.25, 0.3) is 0 Å². The van der Waals surface area contributed by atoms with Crippen LogP contribution in [-0.4, -0.2) is 52.5 Å². The maximum Gasteiger partial charge on any atom is 0.256 e. The van der Waals surface area contributed by atoms with Crippen molar-refractivity contribution < 1.29 is 14.4 Å². The molecule has 2 aromatic rings. The molecule has 2 atom stereocenters. The number of carbonyl (C=O) groups excluding carboxylic acids is 3. The van der Waals surface area contributed by atoms with E-state index < -0.39 is 6.04 Å². The quantitative estimate of drug-likeness (QED) is 0.667. The van der Waals surface area contributed by atoms with Crippen molar-refractivity contribution in [1.82, 2.24) is 15.2 Å². The highest BCUT2D eigenvalue weighted by Gasteiger charge is 2.40. The van der Waals surface area contributed by atoms with Crippen molar-refractivity contribution in [3.8, 4) is 0 Å². The normalized spacial score (nSPS) is 21.0. The van der Waals surface area contributed by atoms with Gasteiger partial charge in [-0.15, -0.1) is 11.8 Å². The number of aromatic nitrogens is 1. The molecule has 9 heteroatoms. The summed E-state index contributed by atoms with van der Waals surface area (Å²) in [7, 11) is 0. The van der Waals surface area contributed by atoms with Crippen molar-refractivity contribution in [3.05, 3.63) is 52.1 Å². The maximum atomic E-state index is 13.0. The van der Waals surface area contributed by atoms with Gasteiger partial charge in [0.05, 0.1) is 16.8 Å². The maximum absolute atomic E-state index is 13.0. The van der Waals surface area contributed by atoms with Crippen molar-refractivity contribution in [3.63, 3.8) is 0 Å². The van der Waals surface area contributed by atoms with E-state index in [1.54, 1.807) is 41.4 Å². The number of hydrogen-bond donors (Lipinski definition) is 2. The number of amides is 3. The van der Waals surface area contributed by atoms with E-state index >= 15 is 0 Å². The standard InChI is InChI=1S/C20H19BrN4O3S/c1-29-19-13(3-2-7-22-19)17(26)23-12-6-8-25-16(10-12)18(27)24-15-5-4-11(21)9-14(15)20(25)28/h2-5,7,9,12,16H,6,8,10H2,1H3,(H,23,26)(H,24,27)/t12-,16-/m0/s1. The minimum Gasteiger partial charge on any atom is -0.349 e. The third kappa shape index (κ3) is 3.89. The van der Waals surface area contributed by atoms with Crippen molar-refractivity contribution in [1.29, 1.82) is 0 Å². The lowest BCUT2D eigenvalue weighted by atomic mass is 9.96. The number of halogens is 1. The first kappa shape index (κ1) is 19.9. The molecule has 1 saturated heterocycles. The van der Waals surface area contributed by atoms with E-state index in [-0.39, 0.29) is 23.8 Å². The van der Waals surface area contributed by atoms with Gasteiger partial charge in [-0.05, 0) is 49.4 Å². The van der Waals surface area contributed by atoms with Gasteiger partial charge in [-0.2, -0.15) is 0 Å². The fourth-order valence-corrected chi connectivity index (χ4v) is 4.66. The zero-order valence-electron chi connectivity index (χ0n) is 15.6. The number of pyridine rings is 1. The Kier molecular flexibility index (Phi) is 5.60. The van der Waals surface area contributed by atoms with Crippen LogP contribution in [0.5, 0.6) is 0 Å². The molecule has 0 spiro atoms. The Bertz CT molecular complexity index is 999. The Morgan fingerprint density at radius 3 is 2.97 bits per heavy atom. The Balaban J connectivity index is 1.52. The van der Waals surface area contributed by atoms with Crippen LogP contribution in [0.1, 0.15) is 33.6 Å². The average molecular weight is 475 g/mol. The number of carbonyl (C=O) groups is 3. The first-order chi connectivity index (χ1) is 14.0. The molecule has 2 N–H and O–H groups in total. The molecule has 1 aromatic carbocycles. The van der Waals surface area contributed by atoms with Gasteiger partial charge in [0, 0.05) is 23.3 Å². The number of thioether (sulfide) groups is 1. The zero-order valence-corrected chi connectivity index (χ0v) is 18.0. The monoisotopic (exact) mass is 474 g/mol. The lowest BCUT2D eigenvalue weighted by molar-refractivity contribution is -0.121. The van der Waals surface area contributed by atoms with E-state index in [2.05, 4.69) is 31.5 Å². The van der Waals surface area contributed by atoms with Gasteiger partial charge >= 0.3 is 0 Å². The minimum absolute atomic E-state index is 0.175. The summed E-state index contributed by atoms with van der Waals surface area (Å²) in [5, 5.41) is 6.52. The number of nitrogens with zero attached hydrogens (tertiary/aromatic N) is 2. The van der Waals surface area contributed by atoms with E-state index in [0.717, 1.165) is 4.47 Å². The summed E-state index contributed by atoms with van der Waals surface area (Å²) in [4.78, 5) is 44.4. The Morgan fingerprint density at radius 2 is 2.17 bits per heavy atom. The van der Waals surface area contributed by atoms with Crippen molar-refractivity contribution in [2.45, 2.75) is 30.0 Å². The summed E-state index contributed by atoms with van der Waals surface area (Å²) < 4.78 is 0.778.